The molecule has 0 rings (SSSR count). The number of carboxylic acid groups (broad SMARTS) is 1. The van der Waals surface area contributed by atoms with Gasteiger partial charge in [-0.3, -0.25) is 0 Å². The molecule has 0 aromatic rings. The van der Waals surface area contributed by atoms with Crippen molar-refractivity contribution in [1.29, 1.82) is 0 Å². The highest BCUT2D eigenvalue weighted by molar-refractivity contribution is 5.85. The van der Waals surface area contributed by atoms with Gasteiger partial charge in [0.2, 0.25) is 0 Å². The molecule has 50 valence electrons. The van der Waals surface area contributed by atoms with E-state index in [0.717, 1.165) is 6.08 Å². The van der Waals surface area contributed by atoms with Gasteiger partial charge in [0.15, 0.2) is 0 Å². The van der Waals surface area contributed by atoms with Crippen molar-refractivity contribution in [3.8, 4) is 0 Å². The van der Waals surface area contributed by atoms with Crippen LogP contribution in [0.15, 0.2) is 12.7 Å². The lowest BCUT2D eigenvalue weighted by molar-refractivity contribution is -0.131. The molecule has 8 heavy (non-hydrogen) atoms. The number of carboxylic acids is 1. The molecular formula is C3H6ClFO3. The summed E-state index contributed by atoms with van der Waals surface area (Å²) in [7, 11) is 0. The molecule has 3 nitrogen and oxygen atoms in total. The molecule has 0 radical (unpaired) electrons. The van der Waals surface area contributed by atoms with Gasteiger partial charge in [-0.2, -0.15) is 0 Å². The molecule has 0 saturated heterocycles. The Morgan fingerprint density at radius 2 is 1.75 bits per heavy atom. The molecule has 0 bridgehead atoms. The average molecular weight is 145 g/mol. The fourth-order valence-corrected chi connectivity index (χ4v) is 0. The van der Waals surface area contributed by atoms with Gasteiger partial charge in [0.25, 0.3) is 0 Å². The fourth-order valence-electron chi connectivity index (χ4n) is 0. The summed E-state index contributed by atoms with van der Waals surface area (Å²) in [6.45, 7) is 2.96. The van der Waals surface area contributed by atoms with Gasteiger partial charge < -0.3 is 5.11 Å². The first kappa shape index (κ1) is 15.7. The lowest BCUT2D eigenvalue weighted by atomic mass is 10.7. The second-order valence-corrected chi connectivity index (χ2v) is 0.542. The molecule has 0 aromatic carbocycles. The van der Waals surface area contributed by atoms with Crippen LogP contribution in [-0.4, -0.2) is 16.4 Å². The zero-order valence-corrected chi connectivity index (χ0v) is 4.69. The van der Waals surface area contributed by atoms with Crippen LogP contribution in [0.1, 0.15) is 0 Å². The molecule has 2 N–H and O–H groups in total. The van der Waals surface area contributed by atoms with Crippen molar-refractivity contribution in [3.05, 3.63) is 12.7 Å². The van der Waals surface area contributed by atoms with E-state index in [0.29, 0.717) is 0 Å². The van der Waals surface area contributed by atoms with Crippen LogP contribution in [0.5, 0.6) is 0 Å². The molecule has 0 heterocycles. The number of hydrogen-bond donors (Lipinski definition) is 2. The molecule has 0 unspecified atom stereocenters. The van der Waals surface area contributed by atoms with Crippen molar-refractivity contribution in [2.75, 3.05) is 0 Å². The van der Waals surface area contributed by atoms with Crippen molar-refractivity contribution in [2.45, 2.75) is 0 Å². The van der Waals surface area contributed by atoms with E-state index in [1.807, 2.05) is 0 Å². The summed E-state index contributed by atoms with van der Waals surface area (Å²) in [6.07, 6.45) is 0.833. The van der Waals surface area contributed by atoms with E-state index < -0.39 is 5.97 Å². The molecule has 0 aliphatic rings. The minimum absolute atomic E-state index is 0. The van der Waals surface area contributed by atoms with E-state index in [-0.39, 0.29) is 12.4 Å². The largest absolute Gasteiger partial charge is 0.478 e. The Morgan fingerprint density at radius 1 is 1.62 bits per heavy atom. The lowest BCUT2D eigenvalue weighted by Gasteiger charge is -1.64. The predicted molar refractivity (Wildman–Crippen MR) is 28.4 cm³/mol. The Morgan fingerprint density at radius 3 is 1.75 bits per heavy atom. The molecule has 0 saturated carbocycles. The molecule has 0 atom stereocenters. The van der Waals surface area contributed by atoms with Crippen molar-refractivity contribution in [3.63, 3.8) is 0 Å². The van der Waals surface area contributed by atoms with E-state index in [4.69, 9.17) is 14.9 Å². The van der Waals surface area contributed by atoms with Gasteiger partial charge in [0.1, 0.15) is 0 Å². The van der Waals surface area contributed by atoms with Crippen LogP contribution in [0.3, 0.4) is 0 Å². The van der Waals surface area contributed by atoms with Crippen LogP contribution in [0.4, 0.5) is 4.53 Å². The highest BCUT2D eigenvalue weighted by atomic mass is 35.5. The average Bonchev–Trinajstić information content (AvgIpc) is 1.73. The van der Waals surface area contributed by atoms with Gasteiger partial charge in [0.05, 0.1) is 0 Å². The first-order chi connectivity index (χ1) is 3.27. The quantitative estimate of drug-likeness (QED) is 0.528. The summed E-state index contributed by atoms with van der Waals surface area (Å²) in [5.74, 6) is -0.981. The van der Waals surface area contributed by atoms with Gasteiger partial charge in [0, 0.05) is 6.08 Å². The maximum atomic E-state index is 9.25. The number of aliphatic carboxylic acids is 1. The fraction of sp³-hybridized carbons (Fsp3) is 0. The minimum Gasteiger partial charge on any atom is -0.478 e. The second kappa shape index (κ2) is 16.2. The van der Waals surface area contributed by atoms with Crippen LogP contribution in [0, 0.1) is 0 Å². The Bertz CT molecular complexity index is 65.5. The topological polar surface area (TPSA) is 57.5 Å². The van der Waals surface area contributed by atoms with E-state index in [1.165, 1.54) is 0 Å². The van der Waals surface area contributed by atoms with E-state index in [2.05, 4.69) is 6.58 Å². The van der Waals surface area contributed by atoms with Crippen molar-refractivity contribution >= 4 is 18.4 Å². The van der Waals surface area contributed by atoms with Crippen LogP contribution in [-0.2, 0) is 4.79 Å². The summed E-state index contributed by atoms with van der Waals surface area (Å²) in [4.78, 5) is 9.25. The van der Waals surface area contributed by atoms with Gasteiger partial charge in [-0.25, -0.2) is 10.1 Å². The lowest BCUT2D eigenvalue weighted by Crippen LogP contribution is -1.82. The molecule has 0 aliphatic carbocycles. The number of rotatable bonds is 1. The molecule has 0 aliphatic heterocycles. The third-order valence-electron chi connectivity index (χ3n) is 0.175. The smallest absolute Gasteiger partial charge is 0.327 e. The van der Waals surface area contributed by atoms with Crippen molar-refractivity contribution in [2.24, 2.45) is 0 Å². The number of hydrogen-bond acceptors (Lipinski definition) is 2. The SMILES string of the molecule is C=CC(=O)O.Cl.OF. The first-order valence-corrected chi connectivity index (χ1v) is 1.29. The summed E-state index contributed by atoms with van der Waals surface area (Å²) in [5, 5.41) is 13.1. The number of halogens is 2. The van der Waals surface area contributed by atoms with Crippen LogP contribution in [0.25, 0.3) is 0 Å². The maximum Gasteiger partial charge on any atom is 0.327 e. The standard InChI is InChI=1S/C3H4O2.ClH.FHO/c1-2-3(4)5;;1-2/h2H,1H2,(H,4,5);1H;2H. The van der Waals surface area contributed by atoms with Crippen LogP contribution < -0.4 is 0 Å². The molecule has 5 heteroatoms. The third kappa shape index (κ3) is 53.8. The van der Waals surface area contributed by atoms with Gasteiger partial charge in [-0.1, -0.05) is 11.1 Å². The van der Waals surface area contributed by atoms with E-state index in [9.17, 15) is 4.79 Å². The normalized spacial score (nSPS) is 4.75. The highest BCUT2D eigenvalue weighted by Crippen LogP contribution is 1.54. The monoisotopic (exact) mass is 144 g/mol. The Labute approximate surface area is 51.8 Å². The zero-order valence-electron chi connectivity index (χ0n) is 3.87. The Hall–Kier alpha value is -0.610. The summed E-state index contributed by atoms with van der Waals surface area (Å²) in [5.41, 5.74) is 0. The summed E-state index contributed by atoms with van der Waals surface area (Å²) >= 11 is 0. The third-order valence-corrected chi connectivity index (χ3v) is 0.175. The van der Waals surface area contributed by atoms with Gasteiger partial charge in [-0.15, -0.1) is 12.4 Å². The molecule has 0 aromatic heterocycles. The molecule has 0 spiro atoms. The van der Waals surface area contributed by atoms with Gasteiger partial charge >= 0.3 is 5.97 Å². The first-order valence-electron chi connectivity index (χ1n) is 1.29. The Balaban J connectivity index is -0.0000000750. The van der Waals surface area contributed by atoms with Crippen LogP contribution >= 0.6 is 12.4 Å². The second-order valence-electron chi connectivity index (χ2n) is 0.542. The molecular weight excluding hydrogens is 138 g/mol. The number of carbonyl (C=O) groups is 1. The molecule has 0 amide bonds. The van der Waals surface area contributed by atoms with E-state index >= 15 is 0 Å². The molecule has 0 fully saturated rings. The predicted octanol–water partition coefficient (Wildman–Crippen LogP) is 0.542. The maximum absolute atomic E-state index is 9.25. The summed E-state index contributed by atoms with van der Waals surface area (Å²) in [6, 6.07) is 0. The summed E-state index contributed by atoms with van der Waals surface area (Å²) < 4.78 is 8.50. The van der Waals surface area contributed by atoms with Gasteiger partial charge in [-0.05, 0) is 0 Å². The van der Waals surface area contributed by atoms with Crippen molar-refractivity contribution < 1.29 is 19.7 Å². The van der Waals surface area contributed by atoms with Crippen molar-refractivity contribution in [1.82, 2.24) is 0 Å². The van der Waals surface area contributed by atoms with E-state index in [1.54, 1.807) is 0 Å². The Kier molecular flexibility index (Phi) is 31.6. The van der Waals surface area contributed by atoms with Crippen LogP contribution in [0.2, 0.25) is 0 Å². The minimum atomic E-state index is -0.981. The highest BCUT2D eigenvalue weighted by Gasteiger charge is 1.73. The zero-order chi connectivity index (χ0) is 6.28.